The molecule has 130 valence electrons. The van der Waals surface area contributed by atoms with Gasteiger partial charge in [0.15, 0.2) is 10.8 Å². The van der Waals surface area contributed by atoms with Gasteiger partial charge < -0.3 is 10.1 Å². The first-order valence-electron chi connectivity index (χ1n) is 8.90. The van der Waals surface area contributed by atoms with Gasteiger partial charge in [0.1, 0.15) is 5.75 Å². The van der Waals surface area contributed by atoms with E-state index in [9.17, 15) is 0 Å². The van der Waals surface area contributed by atoms with Crippen molar-refractivity contribution in [2.24, 2.45) is 0 Å². The van der Waals surface area contributed by atoms with Crippen molar-refractivity contribution in [1.29, 1.82) is 0 Å². The number of nitrogens with zero attached hydrogens (tertiary/aromatic N) is 1. The predicted octanol–water partition coefficient (Wildman–Crippen LogP) is 4.80. The van der Waals surface area contributed by atoms with Crippen LogP contribution in [0.25, 0.3) is 0 Å². The third-order valence-electron chi connectivity index (χ3n) is 5.21. The van der Waals surface area contributed by atoms with Crippen LogP contribution >= 0.6 is 12.2 Å². The zero-order valence-corrected chi connectivity index (χ0v) is 16.0. The molecule has 0 unspecified atom stereocenters. The molecule has 2 aromatic carbocycles. The first-order chi connectivity index (χ1) is 11.9. The quantitative estimate of drug-likeness (QED) is 0.785. The van der Waals surface area contributed by atoms with Gasteiger partial charge >= 0.3 is 0 Å². The van der Waals surface area contributed by atoms with Crippen molar-refractivity contribution in [2.75, 3.05) is 4.90 Å². The van der Waals surface area contributed by atoms with Crippen molar-refractivity contribution in [2.45, 2.75) is 52.3 Å². The van der Waals surface area contributed by atoms with Crippen LogP contribution in [0.1, 0.15) is 48.6 Å². The maximum Gasteiger partial charge on any atom is 0.188 e. The number of nitrogens with one attached hydrogen (secondary N) is 1. The fraction of sp³-hybridized carbons (Fsp3) is 0.381. The average molecular weight is 353 g/mol. The number of benzene rings is 2. The summed E-state index contributed by atoms with van der Waals surface area (Å²) in [4.78, 5) is 2.13. The predicted molar refractivity (Wildman–Crippen MR) is 106 cm³/mol. The minimum Gasteiger partial charge on any atom is -0.467 e. The van der Waals surface area contributed by atoms with Crippen LogP contribution in [0.15, 0.2) is 36.4 Å². The van der Waals surface area contributed by atoms with Gasteiger partial charge in [-0.05, 0) is 74.3 Å². The third-order valence-corrected chi connectivity index (χ3v) is 5.51. The third kappa shape index (κ3) is 2.69. The second kappa shape index (κ2) is 5.73. The van der Waals surface area contributed by atoms with Crippen molar-refractivity contribution >= 4 is 23.0 Å². The summed E-state index contributed by atoms with van der Waals surface area (Å²) in [6.07, 6.45) is 1.89. The molecule has 4 heteroatoms. The lowest BCUT2D eigenvalue weighted by molar-refractivity contribution is 0.0497. The van der Waals surface area contributed by atoms with Crippen LogP contribution in [0.2, 0.25) is 0 Å². The van der Waals surface area contributed by atoms with Gasteiger partial charge in [-0.2, -0.15) is 0 Å². The largest absolute Gasteiger partial charge is 0.467 e. The molecule has 2 aromatic rings. The molecule has 2 heterocycles. The van der Waals surface area contributed by atoms with E-state index in [1.54, 1.807) is 0 Å². The lowest BCUT2D eigenvalue weighted by Gasteiger charge is -2.52. The molecule has 1 fully saturated rings. The van der Waals surface area contributed by atoms with E-state index >= 15 is 0 Å². The number of rotatable bonds is 2. The van der Waals surface area contributed by atoms with Crippen LogP contribution in [0.5, 0.6) is 5.75 Å². The Balaban J connectivity index is 1.79. The summed E-state index contributed by atoms with van der Waals surface area (Å²) in [6, 6.07) is 13.2. The number of anilines is 1. The van der Waals surface area contributed by atoms with Gasteiger partial charge in [0.2, 0.25) is 0 Å². The highest BCUT2D eigenvalue weighted by Crippen LogP contribution is 2.46. The molecular weight excluding hydrogens is 328 g/mol. The summed E-state index contributed by atoms with van der Waals surface area (Å²) in [5.41, 5.74) is 5.62. The van der Waals surface area contributed by atoms with E-state index in [0.717, 1.165) is 29.4 Å². The van der Waals surface area contributed by atoms with E-state index in [1.165, 1.54) is 22.3 Å². The molecule has 25 heavy (non-hydrogen) atoms. The average Bonchev–Trinajstić information content (AvgIpc) is 2.52. The number of fused-ring (bicyclic) bond motifs is 4. The Kier molecular flexibility index (Phi) is 3.76. The Bertz CT molecular complexity index is 843. The van der Waals surface area contributed by atoms with E-state index in [2.05, 4.69) is 74.3 Å². The highest BCUT2D eigenvalue weighted by atomic mass is 32.1. The lowest BCUT2D eigenvalue weighted by Crippen LogP contribution is -2.65. The fourth-order valence-electron chi connectivity index (χ4n) is 4.11. The molecule has 0 aliphatic carbocycles. The van der Waals surface area contributed by atoms with Gasteiger partial charge in [-0.3, -0.25) is 4.90 Å². The van der Waals surface area contributed by atoms with Gasteiger partial charge in [0.05, 0.1) is 6.04 Å². The zero-order valence-electron chi connectivity index (χ0n) is 15.2. The summed E-state index contributed by atoms with van der Waals surface area (Å²) < 4.78 is 6.51. The van der Waals surface area contributed by atoms with Gasteiger partial charge in [0.25, 0.3) is 0 Å². The first-order valence-corrected chi connectivity index (χ1v) is 9.31. The molecule has 0 spiro atoms. The molecule has 0 amide bonds. The van der Waals surface area contributed by atoms with Crippen LogP contribution < -0.4 is 15.0 Å². The van der Waals surface area contributed by atoms with Crippen LogP contribution in [0.3, 0.4) is 0 Å². The van der Waals surface area contributed by atoms with E-state index < -0.39 is 5.72 Å². The Labute approximate surface area is 155 Å². The molecule has 0 saturated carbocycles. The summed E-state index contributed by atoms with van der Waals surface area (Å²) in [5, 5.41) is 4.28. The maximum absolute atomic E-state index is 6.51. The maximum atomic E-state index is 6.51. The molecule has 2 aliphatic heterocycles. The molecule has 1 saturated heterocycles. The molecule has 3 nitrogen and oxygen atoms in total. The van der Waals surface area contributed by atoms with Gasteiger partial charge in [-0.25, -0.2) is 0 Å². The molecule has 2 atom stereocenters. The lowest BCUT2D eigenvalue weighted by atomic mass is 9.89. The van der Waals surface area contributed by atoms with E-state index in [-0.39, 0.29) is 6.04 Å². The summed E-state index contributed by atoms with van der Waals surface area (Å²) >= 11 is 5.75. The summed E-state index contributed by atoms with van der Waals surface area (Å²) in [7, 11) is 0. The first kappa shape index (κ1) is 16.4. The minimum atomic E-state index is -0.478. The van der Waals surface area contributed by atoms with Crippen molar-refractivity contribution in [3.63, 3.8) is 0 Å². The van der Waals surface area contributed by atoms with Crippen molar-refractivity contribution < 1.29 is 4.74 Å². The topological polar surface area (TPSA) is 24.5 Å². The van der Waals surface area contributed by atoms with Crippen LogP contribution in [-0.4, -0.2) is 10.8 Å². The van der Waals surface area contributed by atoms with E-state index in [4.69, 9.17) is 17.0 Å². The number of aryl methyl sites for hydroxylation is 3. The number of ether oxygens (including phenoxy) is 1. The SMILES string of the molecule is CCc1ccc2c(c1)[C@H]1C[C@](C)(O2)N(c2cc(C)cc(C)c2)C(=S)N1. The molecule has 4 rings (SSSR count). The highest BCUT2D eigenvalue weighted by molar-refractivity contribution is 7.80. The number of hydrogen-bond acceptors (Lipinski definition) is 2. The molecule has 0 radical (unpaired) electrons. The molecular formula is C21H24N2OS. The number of hydrogen-bond donors (Lipinski definition) is 1. The Morgan fingerprint density at radius 3 is 2.60 bits per heavy atom. The van der Waals surface area contributed by atoms with E-state index in [0.29, 0.717) is 0 Å². The standard InChI is InChI=1S/C21H24N2OS/c1-5-15-6-7-19-17(11-15)18-12-21(4,24-19)23(20(25)22-18)16-9-13(2)8-14(3)10-16/h6-11,18H,5,12H2,1-4H3,(H,22,25)/t18-,21+/m1/s1. The fourth-order valence-corrected chi connectivity index (χ4v) is 4.56. The van der Waals surface area contributed by atoms with Crippen molar-refractivity contribution in [1.82, 2.24) is 5.32 Å². The normalized spacial score (nSPS) is 24.4. The Morgan fingerprint density at radius 2 is 1.92 bits per heavy atom. The van der Waals surface area contributed by atoms with Crippen LogP contribution in [0.4, 0.5) is 5.69 Å². The summed E-state index contributed by atoms with van der Waals surface area (Å²) in [6.45, 7) is 8.55. The second-order valence-electron chi connectivity index (χ2n) is 7.39. The minimum absolute atomic E-state index is 0.204. The van der Waals surface area contributed by atoms with Gasteiger partial charge in [-0.15, -0.1) is 0 Å². The molecule has 2 bridgehead atoms. The number of thiocarbonyl (C=S) groups is 1. The van der Waals surface area contributed by atoms with Crippen molar-refractivity contribution in [3.8, 4) is 5.75 Å². The van der Waals surface area contributed by atoms with Crippen LogP contribution in [0, 0.1) is 13.8 Å². The highest BCUT2D eigenvalue weighted by Gasteiger charge is 2.48. The Morgan fingerprint density at radius 1 is 1.20 bits per heavy atom. The summed E-state index contributed by atoms with van der Waals surface area (Å²) in [5.74, 6) is 0.959. The molecule has 2 aliphatic rings. The zero-order chi connectivity index (χ0) is 17.8. The van der Waals surface area contributed by atoms with Crippen molar-refractivity contribution in [3.05, 3.63) is 58.7 Å². The van der Waals surface area contributed by atoms with Gasteiger partial charge in [-0.1, -0.05) is 25.1 Å². The monoisotopic (exact) mass is 352 g/mol. The molecule has 1 N–H and O–H groups in total. The second-order valence-corrected chi connectivity index (χ2v) is 7.78. The van der Waals surface area contributed by atoms with E-state index in [1.807, 2.05) is 0 Å². The Hall–Kier alpha value is -2.07. The molecule has 0 aromatic heterocycles. The smallest absolute Gasteiger partial charge is 0.188 e. The van der Waals surface area contributed by atoms with Crippen LogP contribution in [-0.2, 0) is 6.42 Å². The van der Waals surface area contributed by atoms with Gasteiger partial charge in [0, 0.05) is 17.7 Å².